The van der Waals surface area contributed by atoms with Crippen LogP contribution >= 0.6 is 0 Å². The quantitative estimate of drug-likeness (QED) is 0.897. The van der Waals surface area contributed by atoms with Crippen LogP contribution in [0, 0.1) is 13.8 Å². The van der Waals surface area contributed by atoms with Crippen LogP contribution in [0.4, 0.5) is 0 Å². The van der Waals surface area contributed by atoms with Gasteiger partial charge in [-0.1, -0.05) is 31.7 Å². The van der Waals surface area contributed by atoms with E-state index in [-0.39, 0.29) is 18.6 Å². The molecule has 0 unspecified atom stereocenters. The predicted molar refractivity (Wildman–Crippen MR) is 85.8 cm³/mol. The maximum atomic E-state index is 11.1. The van der Waals surface area contributed by atoms with Crippen LogP contribution in [0.15, 0.2) is 36.4 Å². The molecule has 4 nitrogen and oxygen atoms in total. The third-order valence-corrected chi connectivity index (χ3v) is 3.47. The number of carbonyl (C=O) groups is 2. The Labute approximate surface area is 130 Å². The maximum absolute atomic E-state index is 11.1. The van der Waals surface area contributed by atoms with Crippen LogP contribution in [0.5, 0.6) is 0 Å². The Bertz CT molecular complexity index is 656. The van der Waals surface area contributed by atoms with Crippen LogP contribution in [0.1, 0.15) is 50.4 Å². The molecular weight excluding hydrogens is 280 g/mol. The SMILES string of the molecule is C.Cc1ccc(Cc2ccc(C)c(C(=O)O)c2)cc1C(=O)O. The molecule has 0 aromatic heterocycles. The van der Waals surface area contributed by atoms with E-state index in [0.29, 0.717) is 17.5 Å². The first-order valence-corrected chi connectivity index (χ1v) is 6.54. The number of carboxylic acids is 2. The third-order valence-electron chi connectivity index (χ3n) is 3.47. The molecular formula is C18H20O4. The molecule has 0 aliphatic rings. The second-order valence-corrected chi connectivity index (χ2v) is 5.09. The standard InChI is InChI=1S/C17H16O4.CH4/c1-10-3-5-12(8-14(10)16(18)19)7-13-6-4-11(2)15(9-13)17(20)21;/h3-6,8-9H,7H2,1-2H3,(H,18,19)(H,20,21);1H4. The van der Waals surface area contributed by atoms with Crippen molar-refractivity contribution in [2.45, 2.75) is 27.7 Å². The number of rotatable bonds is 4. The summed E-state index contributed by atoms with van der Waals surface area (Å²) in [5, 5.41) is 18.3. The maximum Gasteiger partial charge on any atom is 0.335 e. The molecule has 4 heteroatoms. The van der Waals surface area contributed by atoms with Gasteiger partial charge in [0.2, 0.25) is 0 Å². The molecule has 0 heterocycles. The van der Waals surface area contributed by atoms with Crippen molar-refractivity contribution in [3.05, 3.63) is 69.8 Å². The number of hydrogen-bond acceptors (Lipinski definition) is 2. The molecule has 0 aliphatic carbocycles. The van der Waals surface area contributed by atoms with Gasteiger partial charge >= 0.3 is 11.9 Å². The molecule has 2 rings (SSSR count). The van der Waals surface area contributed by atoms with E-state index in [0.717, 1.165) is 11.1 Å². The summed E-state index contributed by atoms with van der Waals surface area (Å²) in [6.45, 7) is 3.50. The van der Waals surface area contributed by atoms with Gasteiger partial charge in [-0.2, -0.15) is 0 Å². The van der Waals surface area contributed by atoms with Gasteiger partial charge < -0.3 is 10.2 Å². The molecule has 2 N–H and O–H groups in total. The smallest absolute Gasteiger partial charge is 0.335 e. The van der Waals surface area contributed by atoms with Crippen molar-refractivity contribution in [3.63, 3.8) is 0 Å². The Hall–Kier alpha value is -2.62. The zero-order valence-electron chi connectivity index (χ0n) is 11.9. The summed E-state index contributed by atoms with van der Waals surface area (Å²) < 4.78 is 0. The Balaban J connectivity index is 0.00000242. The van der Waals surface area contributed by atoms with Crippen molar-refractivity contribution < 1.29 is 19.8 Å². The van der Waals surface area contributed by atoms with Gasteiger partial charge in [-0.3, -0.25) is 0 Å². The fourth-order valence-electron chi connectivity index (χ4n) is 2.25. The first-order valence-electron chi connectivity index (χ1n) is 6.54. The third kappa shape index (κ3) is 3.73. The Morgan fingerprint density at radius 1 is 0.818 bits per heavy atom. The summed E-state index contributed by atoms with van der Waals surface area (Å²) in [5.74, 6) is -1.91. The van der Waals surface area contributed by atoms with Crippen molar-refractivity contribution in [3.8, 4) is 0 Å². The van der Waals surface area contributed by atoms with E-state index in [1.54, 1.807) is 38.1 Å². The molecule has 0 saturated heterocycles. The zero-order chi connectivity index (χ0) is 15.6. The van der Waals surface area contributed by atoms with Crippen LogP contribution in [-0.2, 0) is 6.42 Å². The molecule has 22 heavy (non-hydrogen) atoms. The van der Waals surface area contributed by atoms with Crippen molar-refractivity contribution in [1.29, 1.82) is 0 Å². The lowest BCUT2D eigenvalue weighted by atomic mass is 9.97. The van der Waals surface area contributed by atoms with Crippen molar-refractivity contribution in [2.24, 2.45) is 0 Å². The zero-order valence-corrected chi connectivity index (χ0v) is 11.9. The van der Waals surface area contributed by atoms with Gasteiger partial charge in [0.1, 0.15) is 0 Å². The summed E-state index contributed by atoms with van der Waals surface area (Å²) >= 11 is 0. The van der Waals surface area contributed by atoms with Crippen LogP contribution < -0.4 is 0 Å². The summed E-state index contributed by atoms with van der Waals surface area (Å²) in [7, 11) is 0. The van der Waals surface area contributed by atoms with Gasteiger partial charge in [-0.25, -0.2) is 9.59 Å². The minimum atomic E-state index is -0.954. The Morgan fingerprint density at radius 3 is 1.50 bits per heavy atom. The van der Waals surface area contributed by atoms with E-state index in [4.69, 9.17) is 10.2 Å². The Morgan fingerprint density at radius 2 is 1.18 bits per heavy atom. The van der Waals surface area contributed by atoms with E-state index in [1.165, 1.54) is 0 Å². The molecule has 2 aromatic carbocycles. The van der Waals surface area contributed by atoms with Crippen molar-refractivity contribution >= 4 is 11.9 Å². The van der Waals surface area contributed by atoms with E-state index >= 15 is 0 Å². The molecule has 0 amide bonds. The average molecular weight is 300 g/mol. The fraction of sp³-hybridized carbons (Fsp3) is 0.222. The first kappa shape index (κ1) is 17.4. The van der Waals surface area contributed by atoms with Crippen LogP contribution in [-0.4, -0.2) is 22.2 Å². The van der Waals surface area contributed by atoms with Gasteiger partial charge in [-0.15, -0.1) is 0 Å². The minimum Gasteiger partial charge on any atom is -0.478 e. The summed E-state index contributed by atoms with van der Waals surface area (Å²) in [5.41, 5.74) is 3.66. The number of hydrogen-bond donors (Lipinski definition) is 2. The number of carboxylic acid groups (broad SMARTS) is 2. The molecule has 2 aromatic rings. The van der Waals surface area contributed by atoms with Crippen molar-refractivity contribution in [2.75, 3.05) is 0 Å². The van der Waals surface area contributed by atoms with Gasteiger partial charge in [0, 0.05) is 0 Å². The Kier molecular flexibility index (Phi) is 5.46. The lowest BCUT2D eigenvalue weighted by Crippen LogP contribution is -2.03. The van der Waals surface area contributed by atoms with Gasteiger partial charge in [0.05, 0.1) is 11.1 Å². The van der Waals surface area contributed by atoms with Crippen molar-refractivity contribution in [1.82, 2.24) is 0 Å². The molecule has 0 radical (unpaired) electrons. The average Bonchev–Trinajstić information content (AvgIpc) is 2.42. The predicted octanol–water partition coefficient (Wildman–Crippen LogP) is 3.93. The molecule has 0 aliphatic heterocycles. The molecule has 0 fully saturated rings. The van der Waals surface area contributed by atoms with E-state index in [1.807, 2.05) is 12.1 Å². The molecule has 0 spiro atoms. The van der Waals surface area contributed by atoms with E-state index in [2.05, 4.69) is 0 Å². The second kappa shape index (κ2) is 6.89. The largest absolute Gasteiger partial charge is 0.478 e. The topological polar surface area (TPSA) is 74.6 Å². The fourth-order valence-corrected chi connectivity index (χ4v) is 2.25. The highest BCUT2D eigenvalue weighted by Gasteiger charge is 2.10. The molecule has 0 saturated carbocycles. The lowest BCUT2D eigenvalue weighted by Gasteiger charge is -2.08. The normalized spacial score (nSPS) is 9.91. The molecule has 0 bridgehead atoms. The number of aromatic carboxylic acids is 2. The van der Waals surface area contributed by atoms with Crippen LogP contribution in [0.3, 0.4) is 0 Å². The highest BCUT2D eigenvalue weighted by molar-refractivity contribution is 5.90. The summed E-state index contributed by atoms with van der Waals surface area (Å²) in [4.78, 5) is 22.3. The van der Waals surface area contributed by atoms with E-state index in [9.17, 15) is 9.59 Å². The monoisotopic (exact) mass is 300 g/mol. The van der Waals surface area contributed by atoms with Crippen LogP contribution in [0.2, 0.25) is 0 Å². The minimum absolute atomic E-state index is 0. The first-order chi connectivity index (χ1) is 9.88. The van der Waals surface area contributed by atoms with Crippen LogP contribution in [0.25, 0.3) is 0 Å². The molecule has 0 atom stereocenters. The highest BCUT2D eigenvalue weighted by Crippen LogP contribution is 2.18. The highest BCUT2D eigenvalue weighted by atomic mass is 16.4. The second-order valence-electron chi connectivity index (χ2n) is 5.09. The van der Waals surface area contributed by atoms with E-state index < -0.39 is 11.9 Å². The number of aryl methyl sites for hydroxylation is 2. The summed E-state index contributed by atoms with van der Waals surface area (Å²) in [6, 6.07) is 10.5. The lowest BCUT2D eigenvalue weighted by molar-refractivity contribution is 0.0685. The molecule has 116 valence electrons. The summed E-state index contributed by atoms with van der Waals surface area (Å²) in [6.07, 6.45) is 0.501. The van der Waals surface area contributed by atoms with Gasteiger partial charge in [0.25, 0.3) is 0 Å². The number of benzene rings is 2. The van der Waals surface area contributed by atoms with Gasteiger partial charge in [0.15, 0.2) is 0 Å². The van der Waals surface area contributed by atoms with Gasteiger partial charge in [-0.05, 0) is 54.7 Å².